The van der Waals surface area contributed by atoms with E-state index in [1.807, 2.05) is 39.0 Å². The molecule has 1 aromatic carbocycles. The minimum absolute atomic E-state index is 0.166. The summed E-state index contributed by atoms with van der Waals surface area (Å²) < 4.78 is 21.0. The maximum Gasteiger partial charge on any atom is 0.410 e. The third kappa shape index (κ3) is 5.43. The average Bonchev–Trinajstić information content (AvgIpc) is 3.17. The third-order valence-corrected chi connectivity index (χ3v) is 6.33. The molecular weight excluding hydrogens is 471 g/mol. The van der Waals surface area contributed by atoms with Crippen LogP contribution in [0, 0.1) is 6.92 Å². The lowest BCUT2D eigenvalue weighted by Crippen LogP contribution is -2.49. The molecule has 0 saturated carbocycles. The smallest absolute Gasteiger partial charge is 0.410 e. The molecule has 0 aliphatic carbocycles. The van der Waals surface area contributed by atoms with E-state index in [-0.39, 0.29) is 24.0 Å². The monoisotopic (exact) mass is 500 g/mol. The maximum absolute atomic E-state index is 13.2. The third-order valence-electron chi connectivity index (χ3n) is 5.91. The Labute approximate surface area is 207 Å². The summed E-state index contributed by atoms with van der Waals surface area (Å²) in [6.07, 6.45) is 1.80. The highest BCUT2D eigenvalue weighted by Gasteiger charge is 2.26. The number of hydrogen-bond acceptors (Lipinski definition) is 6. The number of aryl methyl sites for hydroxylation is 1. The Bertz CT molecular complexity index is 1320. The van der Waals surface area contributed by atoms with Gasteiger partial charge in [-0.1, -0.05) is 6.07 Å². The van der Waals surface area contributed by atoms with Gasteiger partial charge in [0.2, 0.25) is 6.41 Å². The van der Waals surface area contributed by atoms with Gasteiger partial charge < -0.3 is 9.64 Å². The average molecular weight is 501 g/mol. The number of aromatic nitrogens is 2. The minimum atomic E-state index is -0.517. The molecule has 35 heavy (non-hydrogen) atoms. The molecule has 0 spiro atoms. The second kappa shape index (κ2) is 9.87. The fourth-order valence-electron chi connectivity index (χ4n) is 4.30. The fraction of sp³-hybridized carbons (Fsp3) is 0.400. The number of carbonyl (C=O) groups excluding carboxylic acids is 2. The van der Waals surface area contributed by atoms with Crippen LogP contribution in [0.25, 0.3) is 22.2 Å². The van der Waals surface area contributed by atoms with Crippen molar-refractivity contribution in [2.75, 3.05) is 26.2 Å². The molecule has 10 heteroatoms. The number of benzene rings is 1. The zero-order valence-electron chi connectivity index (χ0n) is 20.3. The highest BCUT2D eigenvalue weighted by molar-refractivity contribution is 7.92. The Hall–Kier alpha value is -3.11. The molecule has 0 unspecified atom stereocenters. The van der Waals surface area contributed by atoms with Gasteiger partial charge in [-0.2, -0.15) is 0 Å². The highest BCUT2D eigenvalue weighted by atomic mass is 32.2. The Morgan fingerprint density at radius 1 is 1.14 bits per heavy atom. The van der Waals surface area contributed by atoms with Crippen LogP contribution in [-0.4, -0.2) is 62.6 Å². The summed E-state index contributed by atoms with van der Waals surface area (Å²) in [4.78, 5) is 40.9. The van der Waals surface area contributed by atoms with Crippen LogP contribution >= 0.6 is 12.3 Å². The first kappa shape index (κ1) is 25.0. The van der Waals surface area contributed by atoms with E-state index in [9.17, 15) is 18.3 Å². The molecule has 1 amide bonds. The number of halogens is 1. The molecule has 0 bridgehead atoms. The summed E-state index contributed by atoms with van der Waals surface area (Å²) in [5.41, 5.74) is 2.09. The van der Waals surface area contributed by atoms with Gasteiger partial charge in [-0.05, 0) is 63.1 Å². The quantitative estimate of drug-likeness (QED) is 0.488. The van der Waals surface area contributed by atoms with Gasteiger partial charge >= 0.3 is 6.09 Å². The number of ether oxygens (including phenoxy) is 1. The Balaban J connectivity index is 1.54. The molecule has 0 N–H and O–H groups in total. The van der Waals surface area contributed by atoms with Crippen molar-refractivity contribution in [1.29, 1.82) is 0 Å². The van der Waals surface area contributed by atoms with E-state index in [1.54, 1.807) is 24.0 Å². The lowest BCUT2D eigenvalue weighted by Gasteiger charge is -2.35. The summed E-state index contributed by atoms with van der Waals surface area (Å²) in [5, 5.41) is 0.817. The van der Waals surface area contributed by atoms with Crippen molar-refractivity contribution in [2.45, 2.75) is 39.8 Å². The van der Waals surface area contributed by atoms with Crippen molar-refractivity contribution in [1.82, 2.24) is 18.3 Å². The predicted octanol–water partition coefficient (Wildman–Crippen LogP) is 4.25. The van der Waals surface area contributed by atoms with Gasteiger partial charge in [-0.15, -0.1) is 3.89 Å². The first-order valence-corrected chi connectivity index (χ1v) is 12.1. The fourth-order valence-corrected chi connectivity index (χ4v) is 4.67. The number of nitrogens with zero attached hydrogens (tertiary/aromatic N) is 4. The van der Waals surface area contributed by atoms with Crippen molar-refractivity contribution in [3.05, 3.63) is 58.0 Å². The maximum atomic E-state index is 13.2. The van der Waals surface area contributed by atoms with E-state index < -0.39 is 11.2 Å². The van der Waals surface area contributed by atoms with Gasteiger partial charge in [0.15, 0.2) is 12.3 Å². The largest absolute Gasteiger partial charge is 0.444 e. The number of pyridine rings is 1. The predicted molar refractivity (Wildman–Crippen MR) is 136 cm³/mol. The van der Waals surface area contributed by atoms with Crippen molar-refractivity contribution in [2.24, 2.45) is 0 Å². The molecule has 1 aliphatic heterocycles. The van der Waals surface area contributed by atoms with Gasteiger partial charge in [-0.3, -0.25) is 19.1 Å². The van der Waals surface area contributed by atoms with Crippen molar-refractivity contribution >= 4 is 35.7 Å². The van der Waals surface area contributed by atoms with E-state index in [4.69, 9.17) is 4.74 Å². The molecule has 3 heterocycles. The van der Waals surface area contributed by atoms with Gasteiger partial charge in [0.25, 0.3) is 5.56 Å². The molecule has 2 aromatic heterocycles. The Morgan fingerprint density at radius 3 is 2.49 bits per heavy atom. The second-order valence-corrected chi connectivity index (χ2v) is 10.3. The van der Waals surface area contributed by atoms with Crippen molar-refractivity contribution < 1.29 is 18.2 Å². The summed E-state index contributed by atoms with van der Waals surface area (Å²) >= 11 is -0.166. The summed E-state index contributed by atoms with van der Waals surface area (Å²) in [6.45, 7) is 10.7. The van der Waals surface area contributed by atoms with Gasteiger partial charge in [0.1, 0.15) is 5.60 Å². The lowest BCUT2D eigenvalue weighted by molar-refractivity contribution is 0.0139. The van der Waals surface area contributed by atoms with Crippen molar-refractivity contribution in [3.8, 4) is 11.3 Å². The van der Waals surface area contributed by atoms with Gasteiger partial charge in [0.05, 0.1) is 16.8 Å². The van der Waals surface area contributed by atoms with Crippen LogP contribution in [0.4, 0.5) is 8.68 Å². The van der Waals surface area contributed by atoms with Gasteiger partial charge in [-0.25, -0.2) is 8.77 Å². The molecule has 8 nitrogen and oxygen atoms in total. The van der Waals surface area contributed by atoms with E-state index in [0.717, 1.165) is 28.0 Å². The van der Waals surface area contributed by atoms with E-state index in [0.29, 0.717) is 42.8 Å². The number of hydrogen-bond donors (Lipinski definition) is 0. The SMILES string of the molecule is Cc1cc(-c2cc3cc(CN4CCN(C(=O)OC(C)(C)C)CC4)ccc3n2C=O)c(=O)n(SF)c1. The Morgan fingerprint density at radius 2 is 1.86 bits per heavy atom. The molecule has 1 fully saturated rings. The van der Waals surface area contributed by atoms with Crippen LogP contribution in [-0.2, 0) is 16.1 Å². The van der Waals surface area contributed by atoms with E-state index in [1.165, 1.54) is 10.8 Å². The minimum Gasteiger partial charge on any atom is -0.444 e. The topological polar surface area (TPSA) is 76.8 Å². The van der Waals surface area contributed by atoms with Crippen LogP contribution in [0.3, 0.4) is 0 Å². The van der Waals surface area contributed by atoms with E-state index >= 15 is 0 Å². The number of fused-ring (bicyclic) bond motifs is 1. The molecule has 1 aliphatic rings. The second-order valence-electron chi connectivity index (χ2n) is 9.77. The number of piperazine rings is 1. The summed E-state index contributed by atoms with van der Waals surface area (Å²) in [7, 11) is 0. The first-order valence-electron chi connectivity index (χ1n) is 11.4. The summed E-state index contributed by atoms with van der Waals surface area (Å²) in [6, 6.07) is 9.26. The Kier molecular flexibility index (Phi) is 7.05. The zero-order chi connectivity index (χ0) is 25.3. The molecule has 186 valence electrons. The molecule has 4 rings (SSSR count). The molecule has 0 radical (unpaired) electrons. The van der Waals surface area contributed by atoms with Crippen LogP contribution < -0.4 is 5.56 Å². The molecule has 0 atom stereocenters. The molecule has 3 aromatic rings. The van der Waals surface area contributed by atoms with Crippen LogP contribution in [0.5, 0.6) is 0 Å². The van der Waals surface area contributed by atoms with Crippen LogP contribution in [0.15, 0.2) is 41.3 Å². The van der Waals surface area contributed by atoms with Crippen LogP contribution in [0.1, 0.15) is 31.9 Å². The normalized spacial score (nSPS) is 14.9. The summed E-state index contributed by atoms with van der Waals surface area (Å²) in [5.74, 6) is 0. The lowest BCUT2D eigenvalue weighted by atomic mass is 10.1. The van der Waals surface area contributed by atoms with Crippen molar-refractivity contribution in [3.63, 3.8) is 0 Å². The zero-order valence-corrected chi connectivity index (χ0v) is 21.1. The number of carbonyl (C=O) groups is 2. The van der Waals surface area contributed by atoms with E-state index in [2.05, 4.69) is 4.90 Å². The van der Waals surface area contributed by atoms with Gasteiger partial charge in [0, 0.05) is 44.3 Å². The molecular formula is C25H29FN4O4S. The molecule has 1 saturated heterocycles. The standard InChI is InChI=1S/C25H29FN4O4S/c1-17-11-20(23(32)30(14-17)35-26)22-13-19-12-18(5-6-21(19)29(22)16-31)15-27-7-9-28(10-8-27)24(33)34-25(2,3)4/h5-6,11-14,16H,7-10,15H2,1-4H3. The number of amides is 1. The number of rotatable bonds is 5. The van der Waals surface area contributed by atoms with Crippen LogP contribution in [0.2, 0.25) is 0 Å². The highest BCUT2D eigenvalue weighted by Crippen LogP contribution is 2.28. The first-order chi connectivity index (χ1) is 16.6.